The molecule has 0 unspecified atom stereocenters. The molecule has 1 amide bonds. The van der Waals surface area contributed by atoms with Crippen LogP contribution in [-0.2, 0) is 21.4 Å². The summed E-state index contributed by atoms with van der Waals surface area (Å²) < 4.78 is 25.6. The summed E-state index contributed by atoms with van der Waals surface area (Å²) in [5.41, 5.74) is 0.632. The Morgan fingerprint density at radius 3 is 2.46 bits per heavy atom. The molecular weight excluding hydrogens is 376 g/mol. The Balaban J connectivity index is 1.62. The number of hydrogen-bond donors (Lipinski definition) is 0. The van der Waals surface area contributed by atoms with Gasteiger partial charge in [-0.15, -0.1) is 0 Å². The van der Waals surface area contributed by atoms with E-state index in [0.717, 1.165) is 57.5 Å². The monoisotopic (exact) mass is 406 g/mol. The number of fused-ring (bicyclic) bond motifs is 1. The van der Waals surface area contributed by atoms with E-state index in [0.29, 0.717) is 13.1 Å². The average molecular weight is 407 g/mol. The second-order valence-corrected chi connectivity index (χ2v) is 10.6. The van der Waals surface area contributed by atoms with Crippen LogP contribution in [0.25, 0.3) is 0 Å². The Kier molecular flexibility index (Phi) is 5.00. The molecule has 3 fully saturated rings. The zero-order chi connectivity index (χ0) is 20.0. The van der Waals surface area contributed by atoms with E-state index in [9.17, 15) is 13.2 Å². The van der Waals surface area contributed by atoms with Crippen molar-refractivity contribution in [1.29, 1.82) is 0 Å². The molecule has 7 nitrogen and oxygen atoms in total. The SMILES string of the molecule is CCN1CC[C@@]2(CN(Cc3cccnc3)CC23CCN(S(C)(=O)=O)CC3)C1=O. The summed E-state index contributed by atoms with van der Waals surface area (Å²) in [6.45, 7) is 7.02. The van der Waals surface area contributed by atoms with Crippen LogP contribution in [0.4, 0.5) is 0 Å². The molecular formula is C20H30N4O3S. The Labute approximate surface area is 167 Å². The summed E-state index contributed by atoms with van der Waals surface area (Å²) in [6.07, 6.45) is 7.33. The van der Waals surface area contributed by atoms with Crippen LogP contribution in [0, 0.1) is 10.8 Å². The van der Waals surface area contributed by atoms with Crippen LogP contribution in [0.3, 0.4) is 0 Å². The Hall–Kier alpha value is -1.51. The average Bonchev–Trinajstić information content (AvgIpc) is 3.14. The standard InChI is InChI=1S/C20H30N4O3S/c1-3-23-10-8-20(18(23)25)16-22(14-17-5-4-9-21-13-17)15-19(20)6-11-24(12-7-19)28(2,26)27/h4-5,9,13H,3,6-8,10-12,14-16H2,1-2H3/t20-/m1/s1. The fraction of sp³-hybridized carbons (Fsp3) is 0.700. The molecule has 0 saturated carbocycles. The van der Waals surface area contributed by atoms with Crippen molar-refractivity contribution in [3.63, 3.8) is 0 Å². The van der Waals surface area contributed by atoms with Crippen molar-refractivity contribution in [3.8, 4) is 0 Å². The largest absolute Gasteiger partial charge is 0.342 e. The summed E-state index contributed by atoms with van der Waals surface area (Å²) in [5, 5.41) is 0. The highest BCUT2D eigenvalue weighted by molar-refractivity contribution is 7.88. The van der Waals surface area contributed by atoms with Gasteiger partial charge in [-0.3, -0.25) is 14.7 Å². The number of nitrogens with zero attached hydrogens (tertiary/aromatic N) is 4. The molecule has 0 aromatic carbocycles. The number of sulfonamides is 1. The van der Waals surface area contributed by atoms with Gasteiger partial charge < -0.3 is 4.90 Å². The molecule has 0 N–H and O–H groups in total. The first-order valence-electron chi connectivity index (χ1n) is 10.2. The first kappa shape index (κ1) is 19.8. The highest BCUT2D eigenvalue weighted by Crippen LogP contribution is 2.58. The normalized spacial score (nSPS) is 28.6. The highest BCUT2D eigenvalue weighted by Gasteiger charge is 2.65. The smallest absolute Gasteiger partial charge is 0.230 e. The Morgan fingerprint density at radius 2 is 1.89 bits per heavy atom. The third-order valence-corrected chi connectivity index (χ3v) is 8.50. The van der Waals surface area contributed by atoms with Crippen LogP contribution >= 0.6 is 0 Å². The van der Waals surface area contributed by atoms with Crippen molar-refractivity contribution in [1.82, 2.24) is 19.1 Å². The lowest BCUT2D eigenvalue weighted by Gasteiger charge is -2.46. The van der Waals surface area contributed by atoms with Crippen molar-refractivity contribution < 1.29 is 13.2 Å². The van der Waals surface area contributed by atoms with Gasteiger partial charge in [-0.1, -0.05) is 6.07 Å². The van der Waals surface area contributed by atoms with Crippen LogP contribution in [0.1, 0.15) is 31.7 Å². The molecule has 0 bridgehead atoms. The van der Waals surface area contributed by atoms with E-state index in [-0.39, 0.29) is 16.7 Å². The quantitative estimate of drug-likeness (QED) is 0.751. The molecule has 4 heterocycles. The molecule has 0 aliphatic carbocycles. The lowest BCUT2D eigenvalue weighted by Crippen LogP contribution is -2.53. The van der Waals surface area contributed by atoms with Gasteiger partial charge in [0.15, 0.2) is 0 Å². The second kappa shape index (κ2) is 7.07. The molecule has 3 aliphatic rings. The number of carbonyl (C=O) groups excluding carboxylic acids is 1. The van der Waals surface area contributed by atoms with Crippen LogP contribution in [-0.4, -0.2) is 78.9 Å². The van der Waals surface area contributed by atoms with Crippen molar-refractivity contribution in [2.45, 2.75) is 32.7 Å². The summed E-state index contributed by atoms with van der Waals surface area (Å²) in [6, 6.07) is 4.02. The van der Waals surface area contributed by atoms with E-state index in [2.05, 4.69) is 16.0 Å². The molecule has 4 rings (SSSR count). The van der Waals surface area contributed by atoms with Gasteiger partial charge in [-0.25, -0.2) is 12.7 Å². The third-order valence-electron chi connectivity index (χ3n) is 7.20. The van der Waals surface area contributed by atoms with Crippen molar-refractivity contribution >= 4 is 15.9 Å². The molecule has 1 aromatic heterocycles. The predicted octanol–water partition coefficient (Wildman–Crippen LogP) is 1.18. The maximum Gasteiger partial charge on any atom is 0.230 e. The fourth-order valence-corrected chi connectivity index (χ4v) is 6.55. The Bertz CT molecular complexity index is 836. The number of rotatable bonds is 4. The van der Waals surface area contributed by atoms with Gasteiger partial charge in [0.25, 0.3) is 0 Å². The number of hydrogen-bond acceptors (Lipinski definition) is 5. The number of carbonyl (C=O) groups is 1. The topological polar surface area (TPSA) is 73.8 Å². The van der Waals surface area contributed by atoms with Gasteiger partial charge in [0, 0.05) is 63.6 Å². The van der Waals surface area contributed by atoms with Gasteiger partial charge in [-0.05, 0) is 37.8 Å². The molecule has 28 heavy (non-hydrogen) atoms. The fourth-order valence-electron chi connectivity index (χ4n) is 5.71. The van der Waals surface area contributed by atoms with E-state index >= 15 is 0 Å². The van der Waals surface area contributed by atoms with E-state index < -0.39 is 10.0 Å². The molecule has 1 aromatic rings. The van der Waals surface area contributed by atoms with Gasteiger partial charge in [0.1, 0.15) is 0 Å². The van der Waals surface area contributed by atoms with Crippen LogP contribution in [0.15, 0.2) is 24.5 Å². The van der Waals surface area contributed by atoms with E-state index in [1.807, 2.05) is 24.1 Å². The lowest BCUT2D eigenvalue weighted by molar-refractivity contribution is -0.141. The van der Waals surface area contributed by atoms with Crippen molar-refractivity contribution in [2.24, 2.45) is 10.8 Å². The van der Waals surface area contributed by atoms with E-state index in [1.54, 1.807) is 10.5 Å². The molecule has 3 aliphatic heterocycles. The molecule has 8 heteroatoms. The zero-order valence-corrected chi connectivity index (χ0v) is 17.6. The number of likely N-dealkylation sites (tertiary alicyclic amines) is 2. The van der Waals surface area contributed by atoms with Gasteiger partial charge >= 0.3 is 0 Å². The van der Waals surface area contributed by atoms with Gasteiger partial charge in [0.2, 0.25) is 15.9 Å². The number of aromatic nitrogens is 1. The summed E-state index contributed by atoms with van der Waals surface area (Å²) in [7, 11) is -3.18. The van der Waals surface area contributed by atoms with Crippen molar-refractivity contribution in [2.75, 3.05) is 45.5 Å². The highest BCUT2D eigenvalue weighted by atomic mass is 32.2. The van der Waals surface area contributed by atoms with E-state index in [4.69, 9.17) is 0 Å². The van der Waals surface area contributed by atoms with Crippen LogP contribution in [0.2, 0.25) is 0 Å². The number of piperidine rings is 1. The van der Waals surface area contributed by atoms with Gasteiger partial charge in [-0.2, -0.15) is 0 Å². The third kappa shape index (κ3) is 3.15. The van der Waals surface area contributed by atoms with Crippen molar-refractivity contribution in [3.05, 3.63) is 30.1 Å². The Morgan fingerprint density at radius 1 is 1.14 bits per heavy atom. The number of amides is 1. The predicted molar refractivity (Wildman–Crippen MR) is 107 cm³/mol. The maximum absolute atomic E-state index is 13.5. The minimum Gasteiger partial charge on any atom is -0.342 e. The molecule has 154 valence electrons. The van der Waals surface area contributed by atoms with Crippen LogP contribution in [0.5, 0.6) is 0 Å². The summed E-state index contributed by atoms with van der Waals surface area (Å²) in [5.74, 6) is 0.275. The maximum atomic E-state index is 13.5. The molecule has 0 radical (unpaired) electrons. The first-order chi connectivity index (χ1) is 13.3. The lowest BCUT2D eigenvalue weighted by atomic mass is 9.60. The number of pyridine rings is 1. The van der Waals surface area contributed by atoms with Crippen LogP contribution < -0.4 is 0 Å². The first-order valence-corrected chi connectivity index (χ1v) is 12.0. The minimum absolute atomic E-state index is 0.141. The molecule has 2 spiro atoms. The summed E-state index contributed by atoms with van der Waals surface area (Å²) >= 11 is 0. The van der Waals surface area contributed by atoms with E-state index in [1.165, 1.54) is 6.26 Å². The zero-order valence-electron chi connectivity index (χ0n) is 16.8. The molecule has 3 saturated heterocycles. The molecule has 1 atom stereocenters. The summed E-state index contributed by atoms with van der Waals surface area (Å²) in [4.78, 5) is 22.1. The second-order valence-electron chi connectivity index (χ2n) is 8.67. The minimum atomic E-state index is -3.18. The van der Waals surface area contributed by atoms with Gasteiger partial charge in [0.05, 0.1) is 11.7 Å².